The predicted molar refractivity (Wildman–Crippen MR) is 108 cm³/mol. The predicted octanol–water partition coefficient (Wildman–Crippen LogP) is 4.54. The molecule has 0 spiro atoms. The number of carbonyl (C=O) groups excluding carboxylic acids is 1. The van der Waals surface area contributed by atoms with Crippen LogP contribution in [0.15, 0.2) is 47.4 Å². The lowest BCUT2D eigenvalue weighted by atomic mass is 9.95. The molecule has 0 N–H and O–H groups in total. The Kier molecular flexibility index (Phi) is 6.69. The molecule has 1 aliphatic rings. The number of hydrogen-bond acceptors (Lipinski definition) is 4. The van der Waals surface area contributed by atoms with E-state index in [1.54, 1.807) is 0 Å². The molecule has 180 valence electrons. The Bertz CT molecular complexity index is 1110. The van der Waals surface area contributed by atoms with Crippen molar-refractivity contribution in [3.63, 3.8) is 0 Å². The van der Waals surface area contributed by atoms with Crippen molar-refractivity contribution in [2.45, 2.75) is 30.2 Å². The highest BCUT2D eigenvalue weighted by Crippen LogP contribution is 2.43. The van der Waals surface area contributed by atoms with Gasteiger partial charge >= 0.3 is 12.4 Å². The van der Waals surface area contributed by atoms with Crippen LogP contribution in [0.1, 0.15) is 29.7 Å². The van der Waals surface area contributed by atoms with Gasteiger partial charge in [-0.3, -0.25) is 4.79 Å². The number of piperazine rings is 1. The van der Waals surface area contributed by atoms with Crippen LogP contribution in [0.4, 0.5) is 32.0 Å². The average molecular weight is 494 g/mol. The zero-order chi connectivity index (χ0) is 24.6. The lowest BCUT2D eigenvalue weighted by Gasteiger charge is -2.42. The summed E-state index contributed by atoms with van der Waals surface area (Å²) in [6.45, 7) is 1.20. The van der Waals surface area contributed by atoms with Gasteiger partial charge in [-0.1, -0.05) is 19.1 Å². The second-order valence-electron chi connectivity index (χ2n) is 7.48. The van der Waals surface area contributed by atoms with E-state index in [0.717, 1.165) is 36.4 Å². The molecule has 2 aromatic rings. The van der Waals surface area contributed by atoms with Gasteiger partial charge in [-0.25, -0.2) is 8.42 Å². The van der Waals surface area contributed by atoms with Gasteiger partial charge < -0.3 is 9.80 Å². The summed E-state index contributed by atoms with van der Waals surface area (Å²) in [6.07, 6.45) is -9.14. The molecule has 2 aromatic carbocycles. The van der Waals surface area contributed by atoms with Gasteiger partial charge in [0.1, 0.15) is 0 Å². The lowest BCUT2D eigenvalue weighted by Crippen LogP contribution is -2.48. The molecular formula is C21H20F6N2O3S. The second-order valence-corrected chi connectivity index (χ2v) is 9.72. The Morgan fingerprint density at radius 2 is 1.61 bits per heavy atom. The second kappa shape index (κ2) is 8.88. The SMILES string of the molecule is CCS(=O)(=O)c1cccc(C2CN(C=O)CCN2c2ccc(C(F)(F)F)cc2)c1C(F)(F)F. The van der Waals surface area contributed by atoms with Gasteiger partial charge in [-0.15, -0.1) is 0 Å². The van der Waals surface area contributed by atoms with Gasteiger partial charge in [0.25, 0.3) is 0 Å². The summed E-state index contributed by atoms with van der Waals surface area (Å²) in [5.41, 5.74) is -2.40. The quantitative estimate of drug-likeness (QED) is 0.453. The fourth-order valence-corrected chi connectivity index (χ4v) is 5.00. The Hall–Kier alpha value is -2.76. The molecule has 0 radical (unpaired) electrons. The van der Waals surface area contributed by atoms with E-state index in [2.05, 4.69) is 0 Å². The van der Waals surface area contributed by atoms with Crippen molar-refractivity contribution in [2.24, 2.45) is 0 Å². The van der Waals surface area contributed by atoms with Gasteiger partial charge in [0.15, 0.2) is 9.84 Å². The maximum absolute atomic E-state index is 14.1. The maximum Gasteiger partial charge on any atom is 0.418 e. The van der Waals surface area contributed by atoms with Crippen LogP contribution in [0, 0.1) is 0 Å². The lowest BCUT2D eigenvalue weighted by molar-refractivity contribution is -0.141. The summed E-state index contributed by atoms with van der Waals surface area (Å²) in [7, 11) is -4.24. The first-order chi connectivity index (χ1) is 15.3. The molecule has 0 saturated carbocycles. The zero-order valence-electron chi connectivity index (χ0n) is 17.3. The minimum absolute atomic E-state index is 0.0385. The van der Waals surface area contributed by atoms with Crippen molar-refractivity contribution in [3.05, 3.63) is 59.2 Å². The van der Waals surface area contributed by atoms with Crippen molar-refractivity contribution in [3.8, 4) is 0 Å². The van der Waals surface area contributed by atoms with E-state index in [-0.39, 0.29) is 30.9 Å². The molecule has 0 aromatic heterocycles. The molecule has 1 unspecified atom stereocenters. The number of anilines is 1. The van der Waals surface area contributed by atoms with E-state index in [1.807, 2.05) is 0 Å². The maximum atomic E-state index is 14.1. The van der Waals surface area contributed by atoms with Gasteiger partial charge in [-0.05, 0) is 35.9 Å². The van der Waals surface area contributed by atoms with Gasteiger partial charge in [0.05, 0.1) is 27.8 Å². The van der Waals surface area contributed by atoms with Crippen molar-refractivity contribution < 1.29 is 39.6 Å². The standard InChI is InChI=1S/C21H20F6N2O3S/c1-2-33(31,32)18-5-3-4-16(19(18)21(25,26)27)17-12-28(13-30)10-11-29(17)15-8-6-14(7-9-15)20(22,23)24/h3-9,13,17H,2,10-12H2,1H3. The molecule has 0 bridgehead atoms. The summed E-state index contributed by atoms with van der Waals surface area (Å²) in [5, 5.41) is 0. The molecule has 1 fully saturated rings. The summed E-state index contributed by atoms with van der Waals surface area (Å²) in [5.74, 6) is -0.548. The number of hydrogen-bond donors (Lipinski definition) is 0. The van der Waals surface area contributed by atoms with Crippen LogP contribution in [0.2, 0.25) is 0 Å². The first-order valence-electron chi connectivity index (χ1n) is 9.85. The fraction of sp³-hybridized carbons (Fsp3) is 0.381. The number of amides is 1. The number of benzene rings is 2. The normalized spacial score (nSPS) is 17.8. The summed E-state index contributed by atoms with van der Waals surface area (Å²) in [4.78, 5) is 13.2. The molecule has 1 amide bonds. The Morgan fingerprint density at radius 3 is 2.12 bits per heavy atom. The third-order valence-electron chi connectivity index (χ3n) is 5.50. The summed E-state index contributed by atoms with van der Waals surface area (Å²) in [6, 6.07) is 6.00. The topological polar surface area (TPSA) is 57.7 Å². The molecule has 3 rings (SSSR count). The van der Waals surface area contributed by atoms with E-state index in [1.165, 1.54) is 22.8 Å². The van der Waals surface area contributed by atoms with Crippen LogP contribution < -0.4 is 4.90 Å². The highest BCUT2D eigenvalue weighted by atomic mass is 32.2. The number of sulfone groups is 1. The Morgan fingerprint density at radius 1 is 0.970 bits per heavy atom. The third-order valence-corrected chi connectivity index (χ3v) is 7.27. The van der Waals surface area contributed by atoms with Crippen LogP contribution in [-0.4, -0.2) is 45.1 Å². The zero-order valence-corrected chi connectivity index (χ0v) is 18.1. The first-order valence-corrected chi connectivity index (χ1v) is 11.5. The monoisotopic (exact) mass is 494 g/mol. The number of carbonyl (C=O) groups is 1. The van der Waals surface area contributed by atoms with Crippen LogP contribution in [0.5, 0.6) is 0 Å². The summed E-state index contributed by atoms with van der Waals surface area (Å²) < 4.78 is 106. The molecule has 12 heteroatoms. The number of alkyl halides is 6. The minimum atomic E-state index is -5.02. The van der Waals surface area contributed by atoms with E-state index in [4.69, 9.17) is 0 Å². The highest BCUT2D eigenvalue weighted by Gasteiger charge is 2.43. The third kappa shape index (κ3) is 5.10. The van der Waals surface area contributed by atoms with Crippen LogP contribution >= 0.6 is 0 Å². The number of halogens is 6. The number of rotatable bonds is 5. The van der Waals surface area contributed by atoms with Gasteiger partial charge in [-0.2, -0.15) is 26.3 Å². The molecule has 1 atom stereocenters. The Balaban J connectivity index is 2.18. The largest absolute Gasteiger partial charge is 0.418 e. The molecular weight excluding hydrogens is 474 g/mol. The van der Waals surface area contributed by atoms with Crippen molar-refractivity contribution >= 4 is 21.9 Å². The van der Waals surface area contributed by atoms with E-state index < -0.39 is 50.0 Å². The minimum Gasteiger partial charge on any atom is -0.361 e. The van der Waals surface area contributed by atoms with Crippen LogP contribution in [-0.2, 0) is 27.0 Å². The first kappa shape index (κ1) is 24.9. The smallest absolute Gasteiger partial charge is 0.361 e. The molecule has 5 nitrogen and oxygen atoms in total. The van der Waals surface area contributed by atoms with E-state index in [9.17, 15) is 39.6 Å². The van der Waals surface area contributed by atoms with Crippen LogP contribution in [0.25, 0.3) is 0 Å². The van der Waals surface area contributed by atoms with E-state index in [0.29, 0.717) is 6.41 Å². The fourth-order valence-electron chi connectivity index (χ4n) is 3.86. The van der Waals surface area contributed by atoms with Crippen molar-refractivity contribution in [1.29, 1.82) is 0 Å². The molecule has 1 heterocycles. The average Bonchev–Trinajstić information content (AvgIpc) is 2.77. The van der Waals surface area contributed by atoms with Crippen LogP contribution in [0.3, 0.4) is 0 Å². The van der Waals surface area contributed by atoms with Gasteiger partial charge in [0, 0.05) is 25.3 Å². The van der Waals surface area contributed by atoms with Crippen molar-refractivity contribution in [1.82, 2.24) is 4.90 Å². The molecule has 1 saturated heterocycles. The Labute approximate surface area is 186 Å². The molecule has 0 aliphatic carbocycles. The van der Waals surface area contributed by atoms with Crippen molar-refractivity contribution in [2.75, 3.05) is 30.3 Å². The molecule has 33 heavy (non-hydrogen) atoms. The molecule has 1 aliphatic heterocycles. The van der Waals surface area contributed by atoms with Gasteiger partial charge in [0.2, 0.25) is 6.41 Å². The van der Waals surface area contributed by atoms with E-state index >= 15 is 0 Å². The summed E-state index contributed by atoms with van der Waals surface area (Å²) >= 11 is 0. The number of nitrogens with zero attached hydrogens (tertiary/aromatic N) is 2. The highest BCUT2D eigenvalue weighted by molar-refractivity contribution is 7.91.